The maximum Gasteiger partial charge on any atom is 0.573 e. The molecule has 0 aliphatic heterocycles. The number of alkyl halides is 3. The first-order chi connectivity index (χ1) is 12.8. The lowest BCUT2D eigenvalue weighted by molar-refractivity contribution is -0.274. The Labute approximate surface area is 155 Å². The van der Waals surface area contributed by atoms with E-state index in [4.69, 9.17) is 0 Å². The Hall–Kier alpha value is -2.25. The minimum Gasteiger partial charge on any atom is -0.406 e. The summed E-state index contributed by atoms with van der Waals surface area (Å²) in [6.45, 7) is 0. The number of carbonyl (C=O) groups is 2. The number of amides is 2. The highest BCUT2D eigenvalue weighted by Crippen LogP contribution is 2.41. The molecule has 1 aromatic carbocycles. The van der Waals surface area contributed by atoms with Crippen LogP contribution in [0.15, 0.2) is 24.3 Å². The Balaban J connectivity index is 1.65. The van der Waals surface area contributed by atoms with E-state index >= 15 is 0 Å². The standard InChI is InChI=1S/C19H23F3N2O3/c20-19(21,22)27-15-8-6-14(7-9-15)24-17(26)18(10-2-1-3-11-18)12-16(25)23-13-4-5-13/h6-9,13H,1-5,10-12H2,(H,23,25)(H,24,26). The summed E-state index contributed by atoms with van der Waals surface area (Å²) in [5.41, 5.74) is -0.389. The van der Waals surface area contributed by atoms with Crippen molar-refractivity contribution in [2.75, 3.05) is 5.32 Å². The zero-order valence-electron chi connectivity index (χ0n) is 14.9. The second-order valence-electron chi connectivity index (χ2n) is 7.39. The average Bonchev–Trinajstić information content (AvgIpc) is 3.40. The molecule has 2 amide bonds. The van der Waals surface area contributed by atoms with Crippen LogP contribution in [0.1, 0.15) is 51.4 Å². The van der Waals surface area contributed by atoms with E-state index < -0.39 is 11.8 Å². The minimum absolute atomic E-state index is 0.108. The van der Waals surface area contributed by atoms with Gasteiger partial charge in [0, 0.05) is 18.2 Å². The van der Waals surface area contributed by atoms with Crippen molar-refractivity contribution in [3.8, 4) is 5.75 Å². The number of halogens is 3. The molecule has 0 unspecified atom stereocenters. The monoisotopic (exact) mass is 384 g/mol. The molecule has 1 aromatic rings. The van der Waals surface area contributed by atoms with Crippen LogP contribution in [-0.2, 0) is 9.59 Å². The molecule has 2 N–H and O–H groups in total. The largest absolute Gasteiger partial charge is 0.573 e. The van der Waals surface area contributed by atoms with E-state index in [2.05, 4.69) is 15.4 Å². The summed E-state index contributed by atoms with van der Waals surface area (Å²) >= 11 is 0. The van der Waals surface area contributed by atoms with Crippen LogP contribution in [-0.4, -0.2) is 24.2 Å². The van der Waals surface area contributed by atoms with E-state index in [1.807, 2.05) is 0 Å². The molecule has 0 bridgehead atoms. The highest BCUT2D eigenvalue weighted by atomic mass is 19.4. The van der Waals surface area contributed by atoms with Crippen LogP contribution in [0.5, 0.6) is 5.75 Å². The number of hydrogen-bond donors (Lipinski definition) is 2. The highest BCUT2D eigenvalue weighted by molar-refractivity contribution is 5.98. The third kappa shape index (κ3) is 5.61. The van der Waals surface area contributed by atoms with Crippen molar-refractivity contribution in [3.05, 3.63) is 24.3 Å². The summed E-state index contributed by atoms with van der Waals surface area (Å²) in [5.74, 6) is -0.710. The molecule has 2 aliphatic rings. The Morgan fingerprint density at radius 3 is 2.26 bits per heavy atom. The van der Waals surface area contributed by atoms with Crippen LogP contribution < -0.4 is 15.4 Å². The number of benzene rings is 1. The maximum atomic E-state index is 12.9. The van der Waals surface area contributed by atoms with Crippen molar-refractivity contribution in [1.82, 2.24) is 5.32 Å². The lowest BCUT2D eigenvalue weighted by atomic mass is 9.71. The van der Waals surface area contributed by atoms with Crippen LogP contribution in [0.2, 0.25) is 0 Å². The van der Waals surface area contributed by atoms with Crippen molar-refractivity contribution in [2.45, 2.75) is 63.8 Å². The normalized spacial score (nSPS) is 19.2. The molecule has 8 heteroatoms. The number of ether oxygens (including phenoxy) is 1. The first-order valence-electron chi connectivity index (χ1n) is 9.22. The van der Waals surface area contributed by atoms with E-state index in [1.54, 1.807) is 0 Å². The van der Waals surface area contributed by atoms with E-state index in [0.717, 1.165) is 44.2 Å². The van der Waals surface area contributed by atoms with Crippen LogP contribution in [0, 0.1) is 5.41 Å². The summed E-state index contributed by atoms with van der Waals surface area (Å²) in [6.07, 6.45) is 1.40. The van der Waals surface area contributed by atoms with Gasteiger partial charge in [-0.3, -0.25) is 9.59 Å². The van der Waals surface area contributed by atoms with Crippen LogP contribution in [0.25, 0.3) is 0 Å². The number of rotatable bonds is 6. The Kier molecular flexibility index (Phi) is 5.62. The average molecular weight is 384 g/mol. The van der Waals surface area contributed by atoms with Crippen LogP contribution in [0.3, 0.4) is 0 Å². The smallest absolute Gasteiger partial charge is 0.406 e. The molecule has 0 radical (unpaired) electrons. The highest BCUT2D eigenvalue weighted by Gasteiger charge is 2.42. The molecule has 0 spiro atoms. The number of anilines is 1. The lowest BCUT2D eigenvalue weighted by Crippen LogP contribution is -2.42. The van der Waals surface area contributed by atoms with Crippen molar-refractivity contribution >= 4 is 17.5 Å². The van der Waals surface area contributed by atoms with Gasteiger partial charge in [0.05, 0.1) is 5.41 Å². The number of hydrogen-bond acceptors (Lipinski definition) is 3. The molecule has 3 rings (SSSR count). The van der Waals surface area contributed by atoms with Gasteiger partial charge in [-0.05, 0) is 49.9 Å². The quantitative estimate of drug-likeness (QED) is 0.775. The van der Waals surface area contributed by atoms with Crippen LogP contribution in [0.4, 0.5) is 18.9 Å². The lowest BCUT2D eigenvalue weighted by Gasteiger charge is -2.35. The summed E-state index contributed by atoms with van der Waals surface area (Å²) in [6, 6.07) is 5.26. The number of carbonyl (C=O) groups excluding carboxylic acids is 2. The van der Waals surface area contributed by atoms with Crippen molar-refractivity contribution in [3.63, 3.8) is 0 Å². The van der Waals surface area contributed by atoms with Gasteiger partial charge in [-0.15, -0.1) is 13.2 Å². The van der Waals surface area contributed by atoms with Gasteiger partial charge in [0.1, 0.15) is 5.75 Å². The van der Waals surface area contributed by atoms with Gasteiger partial charge in [0.15, 0.2) is 0 Å². The zero-order chi connectivity index (χ0) is 19.5. The van der Waals surface area contributed by atoms with E-state index in [1.165, 1.54) is 12.1 Å². The maximum absolute atomic E-state index is 12.9. The molecular formula is C19H23F3N2O3. The number of nitrogens with one attached hydrogen (secondary N) is 2. The Morgan fingerprint density at radius 2 is 1.70 bits per heavy atom. The van der Waals surface area contributed by atoms with Gasteiger partial charge >= 0.3 is 6.36 Å². The predicted octanol–water partition coefficient (Wildman–Crippen LogP) is 4.14. The fraction of sp³-hybridized carbons (Fsp3) is 0.579. The summed E-state index contributed by atoms with van der Waals surface area (Å²) in [4.78, 5) is 25.2. The molecule has 0 atom stereocenters. The molecule has 0 heterocycles. The van der Waals surface area contributed by atoms with Gasteiger partial charge in [-0.2, -0.15) is 0 Å². The second-order valence-corrected chi connectivity index (χ2v) is 7.39. The van der Waals surface area contributed by atoms with Crippen LogP contribution >= 0.6 is 0 Å². The molecule has 27 heavy (non-hydrogen) atoms. The fourth-order valence-corrected chi connectivity index (χ4v) is 3.53. The fourth-order valence-electron chi connectivity index (χ4n) is 3.53. The molecule has 0 saturated heterocycles. The minimum atomic E-state index is -4.76. The zero-order valence-corrected chi connectivity index (χ0v) is 14.9. The third-order valence-electron chi connectivity index (χ3n) is 5.08. The third-order valence-corrected chi connectivity index (χ3v) is 5.08. The van der Waals surface area contributed by atoms with Gasteiger partial charge in [-0.1, -0.05) is 19.3 Å². The Morgan fingerprint density at radius 1 is 1.07 bits per heavy atom. The Bertz CT molecular complexity index is 678. The van der Waals surface area contributed by atoms with Crippen molar-refractivity contribution < 1.29 is 27.5 Å². The van der Waals surface area contributed by atoms with Gasteiger partial charge in [0.2, 0.25) is 11.8 Å². The SMILES string of the molecule is O=C(CC1(C(=O)Nc2ccc(OC(F)(F)F)cc2)CCCCC1)NC1CC1. The summed E-state index contributed by atoms with van der Waals surface area (Å²) in [7, 11) is 0. The first-order valence-corrected chi connectivity index (χ1v) is 9.22. The van der Waals surface area contributed by atoms with Gasteiger partial charge in [0.25, 0.3) is 0 Å². The van der Waals surface area contributed by atoms with Crippen molar-refractivity contribution in [1.29, 1.82) is 0 Å². The molecule has 0 aromatic heterocycles. The van der Waals surface area contributed by atoms with E-state index in [0.29, 0.717) is 18.5 Å². The van der Waals surface area contributed by atoms with Crippen molar-refractivity contribution in [2.24, 2.45) is 5.41 Å². The van der Waals surface area contributed by atoms with Gasteiger partial charge in [-0.25, -0.2) is 0 Å². The topological polar surface area (TPSA) is 67.4 Å². The second kappa shape index (κ2) is 7.78. The summed E-state index contributed by atoms with van der Waals surface area (Å²) in [5, 5.41) is 5.69. The van der Waals surface area contributed by atoms with E-state index in [9.17, 15) is 22.8 Å². The summed E-state index contributed by atoms with van der Waals surface area (Å²) < 4.78 is 40.5. The molecule has 2 aliphatic carbocycles. The van der Waals surface area contributed by atoms with Gasteiger partial charge < -0.3 is 15.4 Å². The molecule has 5 nitrogen and oxygen atoms in total. The molecule has 2 fully saturated rings. The molecule has 2 saturated carbocycles. The molecular weight excluding hydrogens is 361 g/mol. The first kappa shape index (κ1) is 19.5. The predicted molar refractivity (Wildman–Crippen MR) is 93.1 cm³/mol. The van der Waals surface area contributed by atoms with E-state index in [-0.39, 0.29) is 30.0 Å². The molecule has 148 valence electrons.